The Bertz CT molecular complexity index is 676. The van der Waals surface area contributed by atoms with Crippen LogP contribution < -0.4 is 0 Å². The predicted molar refractivity (Wildman–Crippen MR) is 149 cm³/mol. The molecule has 0 radical (unpaired) electrons. The van der Waals surface area contributed by atoms with Gasteiger partial charge in [-0.2, -0.15) is 0 Å². The Kier molecular flexibility index (Phi) is 15.8. The van der Waals surface area contributed by atoms with E-state index >= 15 is 0 Å². The van der Waals surface area contributed by atoms with E-state index in [9.17, 15) is 0 Å². The van der Waals surface area contributed by atoms with E-state index in [-0.39, 0.29) is 0 Å². The molecule has 0 N–H and O–H groups in total. The first kappa shape index (κ1) is 28.7. The molecule has 2 rings (SSSR count). The van der Waals surface area contributed by atoms with Gasteiger partial charge in [0.1, 0.15) is 0 Å². The van der Waals surface area contributed by atoms with Gasteiger partial charge >= 0.3 is 0 Å². The van der Waals surface area contributed by atoms with Gasteiger partial charge in [0.2, 0.25) is 0 Å². The zero-order chi connectivity index (χ0) is 24.3. The Morgan fingerprint density at radius 3 is 1.71 bits per heavy atom. The van der Waals surface area contributed by atoms with E-state index in [0.717, 1.165) is 0 Å². The maximum atomic E-state index is 4.35. The number of benzene rings is 1. The predicted octanol–water partition coefficient (Wildman–Crippen LogP) is 10.2. The molecule has 192 valence electrons. The SMILES string of the molecule is CCCCCCCCCCCCCCCCCC(Cc1ccccc1)C(C(C)C)n1ccnc1. The van der Waals surface area contributed by atoms with Gasteiger partial charge in [0, 0.05) is 18.4 Å². The molecule has 2 heteroatoms. The molecular formula is C32H54N2. The molecule has 2 unspecified atom stereocenters. The van der Waals surface area contributed by atoms with Crippen molar-refractivity contribution < 1.29 is 0 Å². The number of hydrogen-bond acceptors (Lipinski definition) is 1. The van der Waals surface area contributed by atoms with Crippen LogP contribution in [0.5, 0.6) is 0 Å². The average molecular weight is 467 g/mol. The van der Waals surface area contributed by atoms with E-state index in [1.54, 1.807) is 0 Å². The van der Waals surface area contributed by atoms with Crippen molar-refractivity contribution in [3.8, 4) is 0 Å². The molecule has 0 spiro atoms. The highest BCUT2D eigenvalue weighted by Gasteiger charge is 2.25. The summed E-state index contributed by atoms with van der Waals surface area (Å²) in [5, 5.41) is 0. The van der Waals surface area contributed by atoms with Gasteiger partial charge in [-0.15, -0.1) is 0 Å². The van der Waals surface area contributed by atoms with E-state index in [0.29, 0.717) is 17.9 Å². The Morgan fingerprint density at radius 1 is 0.706 bits per heavy atom. The molecule has 0 amide bonds. The number of aromatic nitrogens is 2. The lowest BCUT2D eigenvalue weighted by atomic mass is 9.82. The second kappa shape index (κ2) is 18.7. The number of rotatable bonds is 21. The van der Waals surface area contributed by atoms with E-state index in [1.165, 1.54) is 115 Å². The first-order valence-corrected chi connectivity index (χ1v) is 14.7. The maximum Gasteiger partial charge on any atom is 0.0948 e. The summed E-state index contributed by atoms with van der Waals surface area (Å²) in [7, 11) is 0. The molecular weight excluding hydrogens is 412 g/mol. The quantitative estimate of drug-likeness (QED) is 0.167. The molecule has 0 saturated heterocycles. The zero-order valence-corrected chi connectivity index (χ0v) is 22.8. The van der Waals surface area contributed by atoms with Crippen LogP contribution in [0.4, 0.5) is 0 Å². The molecule has 2 aromatic rings. The van der Waals surface area contributed by atoms with Gasteiger partial charge in [0.15, 0.2) is 0 Å². The summed E-state index contributed by atoms with van der Waals surface area (Å²) >= 11 is 0. The summed E-state index contributed by atoms with van der Waals surface area (Å²) in [6.07, 6.45) is 30.1. The van der Waals surface area contributed by atoms with Crippen molar-refractivity contribution in [2.45, 2.75) is 136 Å². The molecule has 1 aromatic heterocycles. The van der Waals surface area contributed by atoms with Gasteiger partial charge in [-0.25, -0.2) is 4.98 Å². The third-order valence-corrected chi connectivity index (χ3v) is 7.55. The van der Waals surface area contributed by atoms with Crippen molar-refractivity contribution >= 4 is 0 Å². The van der Waals surface area contributed by atoms with E-state index in [4.69, 9.17) is 0 Å². The first-order chi connectivity index (χ1) is 16.7. The standard InChI is InChI=1S/C32H54N2/c1-4-5-6-7-8-9-10-11-12-13-14-15-16-17-21-24-31(27-30-22-19-18-20-23-30)32(29(2)3)34-26-25-33-28-34/h18-20,22-23,25-26,28-29,31-32H,4-17,21,24,27H2,1-3H3. The molecule has 2 atom stereocenters. The van der Waals surface area contributed by atoms with Crippen LogP contribution in [0.3, 0.4) is 0 Å². The summed E-state index contributed by atoms with van der Waals surface area (Å²) in [6, 6.07) is 11.6. The largest absolute Gasteiger partial charge is 0.334 e. The lowest BCUT2D eigenvalue weighted by molar-refractivity contribution is 0.234. The zero-order valence-electron chi connectivity index (χ0n) is 22.8. The van der Waals surface area contributed by atoms with Crippen LogP contribution in [-0.2, 0) is 6.42 Å². The van der Waals surface area contributed by atoms with Crippen LogP contribution >= 0.6 is 0 Å². The Balaban J connectivity index is 1.61. The van der Waals surface area contributed by atoms with E-state index < -0.39 is 0 Å². The molecule has 0 aliphatic rings. The van der Waals surface area contributed by atoms with Crippen LogP contribution in [0.2, 0.25) is 0 Å². The van der Waals surface area contributed by atoms with Crippen molar-refractivity contribution in [2.24, 2.45) is 11.8 Å². The second-order valence-electron chi connectivity index (χ2n) is 10.9. The molecule has 0 aliphatic carbocycles. The van der Waals surface area contributed by atoms with E-state index in [1.807, 2.05) is 12.5 Å². The minimum Gasteiger partial charge on any atom is -0.334 e. The highest BCUT2D eigenvalue weighted by atomic mass is 15.1. The molecule has 0 aliphatic heterocycles. The summed E-state index contributed by atoms with van der Waals surface area (Å²) in [6.45, 7) is 7.04. The molecule has 0 saturated carbocycles. The highest BCUT2D eigenvalue weighted by molar-refractivity contribution is 5.15. The van der Waals surface area contributed by atoms with Crippen LogP contribution in [0, 0.1) is 11.8 Å². The van der Waals surface area contributed by atoms with Crippen molar-refractivity contribution in [1.82, 2.24) is 9.55 Å². The molecule has 1 aromatic carbocycles. The smallest absolute Gasteiger partial charge is 0.0948 e. The Labute approximate surface area is 212 Å². The van der Waals surface area contributed by atoms with Crippen LogP contribution in [-0.4, -0.2) is 9.55 Å². The summed E-state index contributed by atoms with van der Waals surface area (Å²) in [5.74, 6) is 1.28. The fourth-order valence-corrected chi connectivity index (χ4v) is 5.67. The van der Waals surface area contributed by atoms with Gasteiger partial charge in [-0.05, 0) is 30.2 Å². The van der Waals surface area contributed by atoms with Gasteiger partial charge in [-0.3, -0.25) is 0 Å². The van der Waals surface area contributed by atoms with Gasteiger partial charge in [0.25, 0.3) is 0 Å². The number of nitrogens with zero attached hydrogens (tertiary/aromatic N) is 2. The van der Waals surface area contributed by atoms with Gasteiger partial charge < -0.3 is 4.57 Å². The maximum absolute atomic E-state index is 4.35. The molecule has 34 heavy (non-hydrogen) atoms. The first-order valence-electron chi connectivity index (χ1n) is 14.7. The average Bonchev–Trinajstić information content (AvgIpc) is 3.36. The van der Waals surface area contributed by atoms with Crippen molar-refractivity contribution in [2.75, 3.05) is 0 Å². The third-order valence-electron chi connectivity index (χ3n) is 7.55. The molecule has 2 nitrogen and oxygen atoms in total. The molecule has 0 bridgehead atoms. The number of unbranched alkanes of at least 4 members (excludes halogenated alkanes) is 14. The van der Waals surface area contributed by atoms with Crippen molar-refractivity contribution in [1.29, 1.82) is 0 Å². The minimum absolute atomic E-state index is 0.523. The van der Waals surface area contributed by atoms with E-state index in [2.05, 4.69) is 66.9 Å². The van der Waals surface area contributed by atoms with Crippen molar-refractivity contribution in [3.05, 3.63) is 54.6 Å². The second-order valence-corrected chi connectivity index (χ2v) is 10.9. The summed E-state index contributed by atoms with van der Waals surface area (Å²) in [4.78, 5) is 4.35. The van der Waals surface area contributed by atoms with Crippen molar-refractivity contribution in [3.63, 3.8) is 0 Å². The lowest BCUT2D eigenvalue weighted by Gasteiger charge is -2.32. The molecule has 0 fully saturated rings. The minimum atomic E-state index is 0.523. The number of imidazole rings is 1. The topological polar surface area (TPSA) is 17.8 Å². The van der Waals surface area contributed by atoms with Gasteiger partial charge in [-0.1, -0.05) is 147 Å². The molecule has 1 heterocycles. The monoisotopic (exact) mass is 466 g/mol. The van der Waals surface area contributed by atoms with Crippen LogP contribution in [0.25, 0.3) is 0 Å². The summed E-state index contributed by atoms with van der Waals surface area (Å²) in [5.41, 5.74) is 1.47. The Hall–Kier alpha value is -1.57. The fourth-order valence-electron chi connectivity index (χ4n) is 5.67. The highest BCUT2D eigenvalue weighted by Crippen LogP contribution is 2.33. The fraction of sp³-hybridized carbons (Fsp3) is 0.719. The van der Waals surface area contributed by atoms with Crippen LogP contribution in [0.1, 0.15) is 135 Å². The third kappa shape index (κ3) is 12.2. The van der Waals surface area contributed by atoms with Gasteiger partial charge in [0.05, 0.1) is 6.33 Å². The number of hydrogen-bond donors (Lipinski definition) is 0. The normalized spacial score (nSPS) is 13.4. The Morgan fingerprint density at radius 2 is 1.24 bits per heavy atom. The van der Waals surface area contributed by atoms with Crippen LogP contribution in [0.15, 0.2) is 49.1 Å². The lowest BCUT2D eigenvalue weighted by Crippen LogP contribution is -2.25. The summed E-state index contributed by atoms with van der Waals surface area (Å²) < 4.78 is 2.36.